The Bertz CT molecular complexity index is 439. The molecule has 0 aliphatic rings. The Morgan fingerprint density at radius 2 is 1.94 bits per heavy atom. The first-order chi connectivity index (χ1) is 7.75. The predicted molar refractivity (Wildman–Crippen MR) is 61.3 cm³/mol. The molecular weight excluding hydrogens is 203 g/mol. The van der Waals surface area contributed by atoms with Gasteiger partial charge in [-0.25, -0.2) is 4.39 Å². The van der Waals surface area contributed by atoms with Gasteiger partial charge in [-0.05, 0) is 35.7 Å². The van der Waals surface area contributed by atoms with E-state index in [1.165, 1.54) is 12.1 Å². The third kappa shape index (κ3) is 2.64. The number of halogens is 1. The summed E-state index contributed by atoms with van der Waals surface area (Å²) >= 11 is 0. The third-order valence-electron chi connectivity index (χ3n) is 2.48. The van der Waals surface area contributed by atoms with E-state index >= 15 is 0 Å². The lowest BCUT2D eigenvalue weighted by molar-refractivity contribution is 0.624. The van der Waals surface area contributed by atoms with Crippen LogP contribution in [0.2, 0.25) is 0 Å². The number of nitrogens with zero attached hydrogens (tertiary/aromatic N) is 1. The van der Waals surface area contributed by atoms with E-state index in [9.17, 15) is 4.39 Å². The zero-order valence-corrected chi connectivity index (χ0v) is 8.81. The minimum absolute atomic E-state index is 0.121. The average molecular weight is 216 g/mol. The summed E-state index contributed by atoms with van der Waals surface area (Å²) in [6, 6.07) is 10.0. The van der Waals surface area contributed by atoms with Crippen molar-refractivity contribution in [3.8, 4) is 0 Å². The van der Waals surface area contributed by atoms with Crippen LogP contribution in [0.15, 0.2) is 48.8 Å². The van der Waals surface area contributed by atoms with E-state index in [1.807, 2.05) is 12.1 Å². The molecule has 1 aromatic heterocycles. The highest BCUT2D eigenvalue weighted by Gasteiger charge is 2.06. The zero-order valence-electron chi connectivity index (χ0n) is 8.81. The lowest BCUT2D eigenvalue weighted by Crippen LogP contribution is -2.13. The molecule has 0 aliphatic heterocycles. The van der Waals surface area contributed by atoms with Gasteiger partial charge in [-0.15, -0.1) is 0 Å². The summed E-state index contributed by atoms with van der Waals surface area (Å²) in [5.74, 6) is -0.239. The van der Waals surface area contributed by atoms with Crippen molar-refractivity contribution >= 4 is 0 Å². The number of rotatable bonds is 3. The smallest absolute Gasteiger partial charge is 0.123 e. The molecule has 2 rings (SSSR count). The predicted octanol–water partition coefficient (Wildman–Crippen LogP) is 2.46. The van der Waals surface area contributed by atoms with Crippen molar-refractivity contribution in [2.24, 2.45) is 5.73 Å². The first kappa shape index (κ1) is 10.8. The van der Waals surface area contributed by atoms with Crippen LogP contribution in [0.5, 0.6) is 0 Å². The Balaban J connectivity index is 2.09. The molecule has 2 N–H and O–H groups in total. The molecule has 1 aromatic carbocycles. The van der Waals surface area contributed by atoms with E-state index in [0.717, 1.165) is 11.1 Å². The van der Waals surface area contributed by atoms with Crippen molar-refractivity contribution in [3.63, 3.8) is 0 Å². The lowest BCUT2D eigenvalue weighted by Gasteiger charge is -2.11. The van der Waals surface area contributed by atoms with Crippen molar-refractivity contribution in [2.45, 2.75) is 12.5 Å². The van der Waals surface area contributed by atoms with Gasteiger partial charge in [-0.2, -0.15) is 0 Å². The van der Waals surface area contributed by atoms with Gasteiger partial charge in [0.05, 0.1) is 0 Å². The number of hydrogen-bond donors (Lipinski definition) is 1. The molecule has 16 heavy (non-hydrogen) atoms. The molecule has 0 saturated carbocycles. The maximum absolute atomic E-state index is 12.7. The maximum Gasteiger partial charge on any atom is 0.123 e. The van der Waals surface area contributed by atoms with Crippen LogP contribution >= 0.6 is 0 Å². The molecule has 3 heteroatoms. The molecule has 1 atom stereocenters. The SMILES string of the molecule is NC(Cc1cccnc1)c1ccc(F)cc1. The van der Waals surface area contributed by atoms with Gasteiger partial charge in [0.1, 0.15) is 5.82 Å². The fourth-order valence-corrected chi connectivity index (χ4v) is 1.60. The van der Waals surface area contributed by atoms with Gasteiger partial charge in [-0.3, -0.25) is 4.98 Å². The average Bonchev–Trinajstić information content (AvgIpc) is 2.31. The second-order valence-electron chi connectivity index (χ2n) is 3.72. The fraction of sp³-hybridized carbons (Fsp3) is 0.154. The number of hydrogen-bond acceptors (Lipinski definition) is 2. The van der Waals surface area contributed by atoms with Crippen LogP contribution in [-0.2, 0) is 6.42 Å². The minimum Gasteiger partial charge on any atom is -0.324 e. The first-order valence-corrected chi connectivity index (χ1v) is 5.15. The Labute approximate surface area is 93.9 Å². The normalized spacial score (nSPS) is 12.4. The standard InChI is InChI=1S/C13H13FN2/c14-12-5-3-11(4-6-12)13(15)8-10-2-1-7-16-9-10/h1-7,9,13H,8,15H2. The highest BCUT2D eigenvalue weighted by atomic mass is 19.1. The Hall–Kier alpha value is -1.74. The molecule has 1 heterocycles. The number of nitrogens with two attached hydrogens (primary N) is 1. The number of pyridine rings is 1. The highest BCUT2D eigenvalue weighted by molar-refractivity contribution is 5.22. The van der Waals surface area contributed by atoms with E-state index in [0.29, 0.717) is 6.42 Å². The summed E-state index contributed by atoms with van der Waals surface area (Å²) in [6.45, 7) is 0. The molecule has 2 aromatic rings. The van der Waals surface area contributed by atoms with E-state index in [2.05, 4.69) is 4.98 Å². The monoisotopic (exact) mass is 216 g/mol. The van der Waals surface area contributed by atoms with Gasteiger partial charge < -0.3 is 5.73 Å². The topological polar surface area (TPSA) is 38.9 Å². The van der Waals surface area contributed by atoms with E-state index in [-0.39, 0.29) is 11.9 Å². The van der Waals surface area contributed by atoms with E-state index < -0.39 is 0 Å². The van der Waals surface area contributed by atoms with Crippen LogP contribution in [0.4, 0.5) is 4.39 Å². The molecule has 1 unspecified atom stereocenters. The fourth-order valence-electron chi connectivity index (χ4n) is 1.60. The molecular formula is C13H13FN2. The summed E-state index contributed by atoms with van der Waals surface area (Å²) in [6.07, 6.45) is 4.23. The Kier molecular flexibility index (Phi) is 3.27. The van der Waals surface area contributed by atoms with Gasteiger partial charge in [0, 0.05) is 18.4 Å². The highest BCUT2D eigenvalue weighted by Crippen LogP contribution is 2.15. The van der Waals surface area contributed by atoms with Crippen molar-refractivity contribution in [1.29, 1.82) is 0 Å². The molecule has 0 amide bonds. The molecule has 82 valence electrons. The Morgan fingerprint density at radius 1 is 1.19 bits per heavy atom. The summed E-state index contributed by atoms with van der Waals surface area (Å²) in [4.78, 5) is 4.03. The molecule has 0 fully saturated rings. The van der Waals surface area contributed by atoms with Gasteiger partial charge in [0.15, 0.2) is 0 Å². The Morgan fingerprint density at radius 3 is 2.56 bits per heavy atom. The van der Waals surface area contributed by atoms with Gasteiger partial charge in [0.2, 0.25) is 0 Å². The van der Waals surface area contributed by atoms with Crippen LogP contribution in [0, 0.1) is 5.82 Å². The summed E-state index contributed by atoms with van der Waals surface area (Å²) in [5, 5.41) is 0. The third-order valence-corrected chi connectivity index (χ3v) is 2.48. The number of aromatic nitrogens is 1. The van der Waals surface area contributed by atoms with Gasteiger partial charge >= 0.3 is 0 Å². The summed E-state index contributed by atoms with van der Waals surface area (Å²) < 4.78 is 12.7. The van der Waals surface area contributed by atoms with Crippen molar-refractivity contribution in [2.75, 3.05) is 0 Å². The summed E-state index contributed by atoms with van der Waals surface area (Å²) in [5.41, 5.74) is 8.04. The van der Waals surface area contributed by atoms with Crippen LogP contribution < -0.4 is 5.73 Å². The maximum atomic E-state index is 12.7. The van der Waals surface area contributed by atoms with Gasteiger partial charge in [0.25, 0.3) is 0 Å². The van der Waals surface area contributed by atoms with Crippen LogP contribution in [-0.4, -0.2) is 4.98 Å². The minimum atomic E-state index is -0.239. The van der Waals surface area contributed by atoms with Crippen molar-refractivity contribution in [1.82, 2.24) is 4.98 Å². The van der Waals surface area contributed by atoms with Crippen LogP contribution in [0.3, 0.4) is 0 Å². The first-order valence-electron chi connectivity index (χ1n) is 5.15. The molecule has 0 saturated heterocycles. The van der Waals surface area contributed by atoms with Crippen LogP contribution in [0.1, 0.15) is 17.2 Å². The van der Waals surface area contributed by atoms with Crippen LogP contribution in [0.25, 0.3) is 0 Å². The van der Waals surface area contributed by atoms with Gasteiger partial charge in [-0.1, -0.05) is 18.2 Å². The summed E-state index contributed by atoms with van der Waals surface area (Å²) in [7, 11) is 0. The molecule has 0 bridgehead atoms. The number of benzene rings is 1. The van der Waals surface area contributed by atoms with E-state index in [1.54, 1.807) is 24.5 Å². The lowest BCUT2D eigenvalue weighted by atomic mass is 10.0. The molecule has 0 radical (unpaired) electrons. The molecule has 0 aliphatic carbocycles. The quantitative estimate of drug-likeness (QED) is 0.856. The van der Waals surface area contributed by atoms with Crippen molar-refractivity contribution in [3.05, 3.63) is 65.7 Å². The molecule has 2 nitrogen and oxygen atoms in total. The van der Waals surface area contributed by atoms with Crippen molar-refractivity contribution < 1.29 is 4.39 Å². The zero-order chi connectivity index (χ0) is 11.4. The second-order valence-corrected chi connectivity index (χ2v) is 3.72. The largest absolute Gasteiger partial charge is 0.324 e. The van der Waals surface area contributed by atoms with E-state index in [4.69, 9.17) is 5.73 Å². The second kappa shape index (κ2) is 4.86. The molecule has 0 spiro atoms.